The van der Waals surface area contributed by atoms with E-state index in [9.17, 15) is 4.79 Å². The van der Waals surface area contributed by atoms with Crippen LogP contribution >= 0.6 is 0 Å². The maximum atomic E-state index is 12.3. The van der Waals surface area contributed by atoms with Gasteiger partial charge in [0, 0.05) is 29.2 Å². The lowest BCUT2D eigenvalue weighted by Gasteiger charge is -2.26. The summed E-state index contributed by atoms with van der Waals surface area (Å²) in [6, 6.07) is 8.43. The molecule has 0 unspecified atom stereocenters. The van der Waals surface area contributed by atoms with Gasteiger partial charge in [-0.2, -0.15) is 0 Å². The number of amides is 1. The van der Waals surface area contributed by atoms with Gasteiger partial charge < -0.3 is 16.0 Å². The van der Waals surface area contributed by atoms with E-state index >= 15 is 0 Å². The first-order valence-electron chi connectivity index (χ1n) is 6.86. The van der Waals surface area contributed by atoms with Crippen LogP contribution in [0.15, 0.2) is 30.5 Å². The maximum Gasteiger partial charge on any atom is 0.253 e. The highest BCUT2D eigenvalue weighted by Crippen LogP contribution is 2.20. The highest BCUT2D eigenvalue weighted by atomic mass is 16.1. The Balaban J connectivity index is 1.73. The van der Waals surface area contributed by atoms with Crippen molar-refractivity contribution in [1.82, 2.24) is 10.3 Å². The molecular formula is C15H19N3O. The molecule has 1 aromatic heterocycles. The molecular weight excluding hydrogens is 238 g/mol. The summed E-state index contributed by atoms with van der Waals surface area (Å²) >= 11 is 0. The minimum Gasteiger partial charge on any atom is -0.360 e. The van der Waals surface area contributed by atoms with Crippen molar-refractivity contribution in [2.75, 3.05) is 0 Å². The zero-order chi connectivity index (χ0) is 13.2. The Morgan fingerprint density at radius 1 is 1.21 bits per heavy atom. The first-order chi connectivity index (χ1) is 9.24. The molecule has 1 heterocycles. The molecule has 0 atom stereocenters. The summed E-state index contributed by atoms with van der Waals surface area (Å²) in [5, 5.41) is 4.10. The van der Waals surface area contributed by atoms with Crippen molar-refractivity contribution >= 4 is 16.8 Å². The second-order valence-electron chi connectivity index (χ2n) is 5.33. The molecule has 3 rings (SSSR count). The molecule has 1 aliphatic rings. The minimum atomic E-state index is 0.0120. The number of hydrogen-bond donors (Lipinski definition) is 3. The van der Waals surface area contributed by atoms with Gasteiger partial charge in [0.25, 0.3) is 5.91 Å². The molecule has 19 heavy (non-hydrogen) atoms. The fourth-order valence-electron chi connectivity index (χ4n) is 2.79. The summed E-state index contributed by atoms with van der Waals surface area (Å²) in [4.78, 5) is 15.4. The fraction of sp³-hybridized carbons (Fsp3) is 0.400. The number of carbonyl (C=O) groups excluding carboxylic acids is 1. The van der Waals surface area contributed by atoms with Crippen molar-refractivity contribution in [2.45, 2.75) is 37.8 Å². The molecule has 1 saturated carbocycles. The molecule has 4 nitrogen and oxygen atoms in total. The number of H-pyrrole nitrogens is 1. The molecule has 4 heteroatoms. The van der Waals surface area contributed by atoms with E-state index in [0.29, 0.717) is 6.04 Å². The highest BCUT2D eigenvalue weighted by Gasteiger charge is 2.21. The zero-order valence-corrected chi connectivity index (χ0v) is 10.9. The van der Waals surface area contributed by atoms with Crippen molar-refractivity contribution in [3.05, 3.63) is 36.0 Å². The molecule has 0 radical (unpaired) electrons. The summed E-state index contributed by atoms with van der Waals surface area (Å²) in [6.07, 6.45) is 5.75. The van der Waals surface area contributed by atoms with E-state index in [-0.39, 0.29) is 11.9 Å². The van der Waals surface area contributed by atoms with Crippen LogP contribution < -0.4 is 11.1 Å². The number of rotatable bonds is 2. The molecule has 0 spiro atoms. The van der Waals surface area contributed by atoms with E-state index < -0.39 is 0 Å². The molecule has 1 aromatic carbocycles. The molecule has 0 saturated heterocycles. The Labute approximate surface area is 112 Å². The van der Waals surface area contributed by atoms with Crippen LogP contribution in [-0.2, 0) is 0 Å². The van der Waals surface area contributed by atoms with Gasteiger partial charge in [0.15, 0.2) is 0 Å². The van der Waals surface area contributed by atoms with Crippen LogP contribution in [0.3, 0.4) is 0 Å². The van der Waals surface area contributed by atoms with Crippen molar-refractivity contribution in [2.24, 2.45) is 5.73 Å². The van der Waals surface area contributed by atoms with Gasteiger partial charge in [0.1, 0.15) is 0 Å². The number of nitrogens with one attached hydrogen (secondary N) is 2. The van der Waals surface area contributed by atoms with E-state index in [1.54, 1.807) is 6.20 Å². The van der Waals surface area contributed by atoms with Gasteiger partial charge in [-0.15, -0.1) is 0 Å². The average Bonchev–Trinajstić information content (AvgIpc) is 2.85. The lowest BCUT2D eigenvalue weighted by molar-refractivity contribution is 0.0927. The van der Waals surface area contributed by atoms with Crippen molar-refractivity contribution in [1.29, 1.82) is 0 Å². The Morgan fingerprint density at radius 3 is 2.74 bits per heavy atom. The number of aromatic nitrogens is 1. The molecule has 1 aliphatic carbocycles. The largest absolute Gasteiger partial charge is 0.360 e. The van der Waals surface area contributed by atoms with Gasteiger partial charge in [0.05, 0.1) is 5.56 Å². The van der Waals surface area contributed by atoms with Gasteiger partial charge in [0.2, 0.25) is 0 Å². The molecule has 0 aliphatic heterocycles. The van der Waals surface area contributed by atoms with Crippen molar-refractivity contribution in [3.63, 3.8) is 0 Å². The van der Waals surface area contributed by atoms with Crippen LogP contribution in [0.4, 0.5) is 0 Å². The predicted molar refractivity (Wildman–Crippen MR) is 76.0 cm³/mol. The number of nitrogens with two attached hydrogens (primary N) is 1. The molecule has 1 fully saturated rings. The van der Waals surface area contributed by atoms with Gasteiger partial charge in [-0.05, 0) is 31.7 Å². The van der Waals surface area contributed by atoms with Crippen LogP contribution in [0.2, 0.25) is 0 Å². The molecule has 2 aromatic rings. The van der Waals surface area contributed by atoms with E-state index in [4.69, 9.17) is 5.73 Å². The Bertz CT molecular complexity index is 582. The topological polar surface area (TPSA) is 70.9 Å². The second kappa shape index (κ2) is 5.05. The number of aromatic amines is 1. The summed E-state index contributed by atoms with van der Waals surface area (Å²) in [7, 11) is 0. The van der Waals surface area contributed by atoms with E-state index in [1.807, 2.05) is 24.3 Å². The van der Waals surface area contributed by atoms with Crippen molar-refractivity contribution in [3.8, 4) is 0 Å². The van der Waals surface area contributed by atoms with E-state index in [2.05, 4.69) is 10.3 Å². The number of fused-ring (bicyclic) bond motifs is 1. The van der Waals surface area contributed by atoms with E-state index in [1.165, 1.54) is 0 Å². The number of para-hydroxylation sites is 1. The molecule has 4 N–H and O–H groups in total. The van der Waals surface area contributed by atoms with Gasteiger partial charge in [-0.1, -0.05) is 18.2 Å². The minimum absolute atomic E-state index is 0.0120. The second-order valence-corrected chi connectivity index (χ2v) is 5.33. The molecule has 100 valence electrons. The number of benzene rings is 1. The van der Waals surface area contributed by atoms with Gasteiger partial charge in [-0.3, -0.25) is 4.79 Å². The summed E-state index contributed by atoms with van der Waals surface area (Å²) in [6.45, 7) is 0. The summed E-state index contributed by atoms with van der Waals surface area (Å²) in [5.74, 6) is 0.0120. The number of hydrogen-bond acceptors (Lipinski definition) is 2. The van der Waals surface area contributed by atoms with Crippen LogP contribution in [0.5, 0.6) is 0 Å². The first kappa shape index (κ1) is 12.2. The SMILES string of the molecule is N[C@H]1CC[C@H](NC(=O)c2c[nH]c3ccccc23)CC1. The standard InChI is InChI=1S/C15H19N3O/c16-10-5-7-11(8-6-10)18-15(19)13-9-17-14-4-2-1-3-12(13)14/h1-4,9-11,17H,5-8,16H2,(H,18,19)/t10-,11-. The van der Waals surface area contributed by atoms with E-state index in [0.717, 1.165) is 42.1 Å². The van der Waals surface area contributed by atoms with Crippen LogP contribution in [0, 0.1) is 0 Å². The van der Waals surface area contributed by atoms with Crippen LogP contribution in [0.25, 0.3) is 10.9 Å². The molecule has 0 bridgehead atoms. The van der Waals surface area contributed by atoms with Gasteiger partial charge in [-0.25, -0.2) is 0 Å². The number of carbonyl (C=O) groups is 1. The Hall–Kier alpha value is -1.81. The lowest BCUT2D eigenvalue weighted by atomic mass is 9.91. The van der Waals surface area contributed by atoms with Gasteiger partial charge >= 0.3 is 0 Å². The normalized spacial score (nSPS) is 23.4. The van der Waals surface area contributed by atoms with Crippen molar-refractivity contribution < 1.29 is 4.79 Å². The Kier molecular flexibility index (Phi) is 3.25. The first-order valence-corrected chi connectivity index (χ1v) is 6.86. The maximum absolute atomic E-state index is 12.3. The lowest BCUT2D eigenvalue weighted by Crippen LogP contribution is -2.40. The predicted octanol–water partition coefficient (Wildman–Crippen LogP) is 2.17. The fourth-order valence-corrected chi connectivity index (χ4v) is 2.79. The molecule has 1 amide bonds. The highest BCUT2D eigenvalue weighted by molar-refractivity contribution is 6.06. The summed E-state index contributed by atoms with van der Waals surface area (Å²) in [5.41, 5.74) is 7.60. The van der Waals surface area contributed by atoms with Crippen LogP contribution in [-0.4, -0.2) is 23.0 Å². The zero-order valence-electron chi connectivity index (χ0n) is 10.9. The average molecular weight is 257 g/mol. The summed E-state index contributed by atoms with van der Waals surface area (Å²) < 4.78 is 0. The smallest absolute Gasteiger partial charge is 0.253 e. The van der Waals surface area contributed by atoms with Crippen LogP contribution in [0.1, 0.15) is 36.0 Å². The third kappa shape index (κ3) is 2.49. The third-order valence-corrected chi connectivity index (χ3v) is 3.94. The quantitative estimate of drug-likeness (QED) is 0.771. The third-order valence-electron chi connectivity index (χ3n) is 3.94. The monoisotopic (exact) mass is 257 g/mol. The Morgan fingerprint density at radius 2 is 1.95 bits per heavy atom.